The smallest absolute Gasteiger partial charge is 0.247 e. The van der Waals surface area contributed by atoms with Gasteiger partial charge in [-0.05, 0) is 32.1 Å². The molecule has 5 nitrogen and oxygen atoms in total. The molecule has 0 radical (unpaired) electrons. The van der Waals surface area contributed by atoms with Crippen molar-refractivity contribution in [2.24, 2.45) is 0 Å². The van der Waals surface area contributed by atoms with Gasteiger partial charge in [-0.2, -0.15) is 0 Å². The summed E-state index contributed by atoms with van der Waals surface area (Å²) in [6, 6.07) is 6.08. The van der Waals surface area contributed by atoms with Gasteiger partial charge in [-0.25, -0.2) is 0 Å². The van der Waals surface area contributed by atoms with Crippen LogP contribution < -0.4 is 19.7 Å². The number of methoxy groups -OCH3 is 2. The Balaban J connectivity index is 1.63. The summed E-state index contributed by atoms with van der Waals surface area (Å²) in [6.07, 6.45) is 7.32. The Morgan fingerprint density at radius 3 is 2.54 bits per heavy atom. The molecule has 130 valence electrons. The summed E-state index contributed by atoms with van der Waals surface area (Å²) in [7, 11) is 3.31. The number of amides is 1. The second-order valence-electron chi connectivity index (χ2n) is 6.45. The van der Waals surface area contributed by atoms with Crippen molar-refractivity contribution in [3.8, 4) is 11.5 Å². The van der Waals surface area contributed by atoms with Gasteiger partial charge < -0.3 is 19.7 Å². The Hall–Kier alpha value is -2.17. The molecule has 1 saturated heterocycles. The van der Waals surface area contributed by atoms with Crippen LogP contribution in [0.2, 0.25) is 0 Å². The summed E-state index contributed by atoms with van der Waals surface area (Å²) in [6.45, 7) is 1.73. The molecule has 0 bridgehead atoms. The minimum absolute atomic E-state index is 0.116. The van der Waals surface area contributed by atoms with E-state index in [4.69, 9.17) is 9.47 Å². The fourth-order valence-corrected chi connectivity index (χ4v) is 3.41. The molecule has 1 N–H and O–H groups in total. The monoisotopic (exact) mass is 330 g/mol. The molecule has 1 fully saturated rings. The minimum atomic E-state index is 0.116. The van der Waals surface area contributed by atoms with Crippen LogP contribution in [0, 0.1) is 0 Å². The average molecular weight is 330 g/mol. The summed E-state index contributed by atoms with van der Waals surface area (Å²) in [5, 5.41) is 3.19. The molecule has 3 rings (SSSR count). The van der Waals surface area contributed by atoms with E-state index in [1.165, 1.54) is 6.42 Å². The number of rotatable bonds is 5. The van der Waals surface area contributed by atoms with Gasteiger partial charge in [0.15, 0.2) is 0 Å². The van der Waals surface area contributed by atoms with Crippen molar-refractivity contribution in [1.82, 2.24) is 5.32 Å². The fourth-order valence-electron chi connectivity index (χ4n) is 3.41. The number of anilines is 1. The highest BCUT2D eigenvalue weighted by Gasteiger charge is 2.26. The number of hydrogen-bond donors (Lipinski definition) is 1. The van der Waals surface area contributed by atoms with E-state index in [2.05, 4.69) is 16.3 Å². The zero-order valence-corrected chi connectivity index (χ0v) is 14.5. The Morgan fingerprint density at radius 1 is 1.17 bits per heavy atom. The minimum Gasteiger partial charge on any atom is -0.497 e. The van der Waals surface area contributed by atoms with Crippen LogP contribution in [-0.4, -0.2) is 39.3 Å². The molecule has 0 unspecified atom stereocenters. The van der Waals surface area contributed by atoms with Crippen LogP contribution in [0.1, 0.15) is 32.1 Å². The van der Waals surface area contributed by atoms with E-state index in [0.717, 1.165) is 61.5 Å². The Labute approximate surface area is 143 Å². The maximum Gasteiger partial charge on any atom is 0.247 e. The van der Waals surface area contributed by atoms with E-state index >= 15 is 0 Å². The molecule has 1 aromatic rings. The summed E-state index contributed by atoms with van der Waals surface area (Å²) in [5.74, 6) is 1.68. The van der Waals surface area contributed by atoms with Crippen molar-refractivity contribution < 1.29 is 14.3 Å². The molecule has 1 aromatic carbocycles. The van der Waals surface area contributed by atoms with Gasteiger partial charge in [0.1, 0.15) is 11.5 Å². The molecule has 1 atom stereocenters. The highest BCUT2D eigenvalue weighted by Crippen LogP contribution is 2.30. The van der Waals surface area contributed by atoms with Crippen molar-refractivity contribution in [3.05, 3.63) is 29.8 Å². The summed E-state index contributed by atoms with van der Waals surface area (Å²) in [5.41, 5.74) is 2.03. The molecular formula is C19H26N2O3. The normalized spacial score (nSPS) is 20.5. The second-order valence-corrected chi connectivity index (χ2v) is 6.45. The van der Waals surface area contributed by atoms with E-state index in [0.29, 0.717) is 0 Å². The lowest BCUT2D eigenvalue weighted by Gasteiger charge is -2.21. The van der Waals surface area contributed by atoms with Gasteiger partial charge in [0, 0.05) is 48.6 Å². The highest BCUT2D eigenvalue weighted by atomic mass is 16.5. The van der Waals surface area contributed by atoms with Gasteiger partial charge in [0.2, 0.25) is 5.91 Å². The van der Waals surface area contributed by atoms with Crippen LogP contribution in [0.3, 0.4) is 0 Å². The Kier molecular flexibility index (Phi) is 5.28. The first kappa shape index (κ1) is 16.7. The first-order valence-corrected chi connectivity index (χ1v) is 8.67. The Morgan fingerprint density at radius 2 is 1.92 bits per heavy atom. The van der Waals surface area contributed by atoms with E-state index in [1.54, 1.807) is 14.2 Å². The van der Waals surface area contributed by atoms with Crippen LogP contribution in [0.5, 0.6) is 11.5 Å². The fraction of sp³-hybridized carbons (Fsp3) is 0.526. The Bertz CT molecular complexity index is 605. The number of ether oxygens (including phenoxy) is 2. The number of hydrogen-bond acceptors (Lipinski definition) is 4. The number of allylic oxidation sites excluding steroid dienone is 1. The first-order valence-electron chi connectivity index (χ1n) is 8.67. The molecule has 24 heavy (non-hydrogen) atoms. The molecule has 0 aromatic heterocycles. The molecule has 1 heterocycles. The van der Waals surface area contributed by atoms with Crippen molar-refractivity contribution >= 4 is 11.6 Å². The van der Waals surface area contributed by atoms with Crippen molar-refractivity contribution in [3.63, 3.8) is 0 Å². The predicted molar refractivity (Wildman–Crippen MR) is 94.9 cm³/mol. The zero-order valence-electron chi connectivity index (χ0n) is 14.5. The first-order chi connectivity index (χ1) is 11.7. The summed E-state index contributed by atoms with van der Waals surface area (Å²) >= 11 is 0. The molecule has 5 heteroatoms. The quantitative estimate of drug-likeness (QED) is 0.902. The number of carbonyl (C=O) groups excluding carboxylic acids is 1. The predicted octanol–water partition coefficient (Wildman–Crippen LogP) is 2.90. The van der Waals surface area contributed by atoms with Gasteiger partial charge >= 0.3 is 0 Å². The third-order valence-corrected chi connectivity index (χ3v) is 4.81. The number of nitrogens with one attached hydrogen (secondary N) is 1. The summed E-state index contributed by atoms with van der Waals surface area (Å²) in [4.78, 5) is 14.6. The van der Waals surface area contributed by atoms with Gasteiger partial charge in [-0.15, -0.1) is 0 Å². The third-order valence-electron chi connectivity index (χ3n) is 4.81. The topological polar surface area (TPSA) is 50.8 Å². The SMILES string of the molecule is COc1cc(OC)cc(N2CC[C@H](NC(=O)C3=CCCCC3)C2)c1. The highest BCUT2D eigenvalue weighted by molar-refractivity contribution is 5.93. The van der Waals surface area contributed by atoms with E-state index in [9.17, 15) is 4.79 Å². The number of carbonyl (C=O) groups is 1. The zero-order chi connectivity index (χ0) is 16.9. The molecule has 1 amide bonds. The molecule has 0 saturated carbocycles. The summed E-state index contributed by atoms with van der Waals surface area (Å²) < 4.78 is 10.7. The van der Waals surface area contributed by atoms with Crippen LogP contribution in [0.4, 0.5) is 5.69 Å². The van der Waals surface area contributed by atoms with Crippen molar-refractivity contribution in [2.75, 3.05) is 32.2 Å². The molecule has 2 aliphatic rings. The third kappa shape index (κ3) is 3.83. The van der Waals surface area contributed by atoms with Crippen LogP contribution in [-0.2, 0) is 4.79 Å². The molecule has 1 aliphatic carbocycles. The van der Waals surface area contributed by atoms with E-state index in [1.807, 2.05) is 18.2 Å². The maximum absolute atomic E-state index is 12.4. The van der Waals surface area contributed by atoms with Gasteiger partial charge in [0.25, 0.3) is 0 Å². The lowest BCUT2D eigenvalue weighted by atomic mass is 9.99. The molecular weight excluding hydrogens is 304 g/mol. The van der Waals surface area contributed by atoms with E-state index < -0.39 is 0 Å². The van der Waals surface area contributed by atoms with Crippen LogP contribution >= 0.6 is 0 Å². The van der Waals surface area contributed by atoms with Crippen LogP contribution in [0.25, 0.3) is 0 Å². The molecule has 1 aliphatic heterocycles. The largest absolute Gasteiger partial charge is 0.497 e. The van der Waals surface area contributed by atoms with Crippen molar-refractivity contribution in [2.45, 2.75) is 38.1 Å². The van der Waals surface area contributed by atoms with Gasteiger partial charge in [0.05, 0.1) is 14.2 Å². The van der Waals surface area contributed by atoms with Gasteiger partial charge in [-0.3, -0.25) is 4.79 Å². The second kappa shape index (κ2) is 7.60. The molecule has 0 spiro atoms. The lowest BCUT2D eigenvalue weighted by Crippen LogP contribution is -2.38. The maximum atomic E-state index is 12.4. The standard InChI is InChI=1S/C19H26N2O3/c1-23-17-10-16(11-18(12-17)24-2)21-9-8-15(13-21)20-19(22)14-6-4-3-5-7-14/h6,10-12,15H,3-5,7-9,13H2,1-2H3,(H,20,22)/t15-/m0/s1. The van der Waals surface area contributed by atoms with Gasteiger partial charge in [-0.1, -0.05) is 6.08 Å². The van der Waals surface area contributed by atoms with Crippen LogP contribution in [0.15, 0.2) is 29.8 Å². The number of nitrogens with zero attached hydrogens (tertiary/aromatic N) is 1. The number of benzene rings is 1. The van der Waals surface area contributed by atoms with E-state index in [-0.39, 0.29) is 11.9 Å². The lowest BCUT2D eigenvalue weighted by molar-refractivity contribution is -0.118. The average Bonchev–Trinajstić information content (AvgIpc) is 3.10. The van der Waals surface area contributed by atoms with Crippen molar-refractivity contribution in [1.29, 1.82) is 0 Å².